The Morgan fingerprint density at radius 1 is 0.266 bits per heavy atom. The summed E-state index contributed by atoms with van der Waals surface area (Å²) in [5.74, 6) is 0. The third-order valence-electron chi connectivity index (χ3n) is 12.8. The van der Waals surface area contributed by atoms with Crippen LogP contribution >= 0.6 is 23.5 Å². The van der Waals surface area contributed by atoms with Crippen molar-refractivity contribution >= 4 is 90.0 Å². The van der Waals surface area contributed by atoms with Crippen molar-refractivity contribution in [3.05, 3.63) is 231 Å². The number of benzene rings is 11. The highest BCUT2D eigenvalue weighted by atomic mass is 32.2. The summed E-state index contributed by atoms with van der Waals surface area (Å²) in [6, 6.07) is 85.1. The summed E-state index contributed by atoms with van der Waals surface area (Å²) in [5.41, 5.74) is 14.3. The Balaban J connectivity index is 1.15. The van der Waals surface area contributed by atoms with Gasteiger partial charge >= 0.3 is 0 Å². The SMILES string of the molecule is c1ccc(-c2c3cc(N4c5ccccc5Sc5ccccc54)ccc3c(-c3ccccc3-c3cccc4ccccc34)c3cc(N4c5ccccc5Sc5ccccc54)ccc23)cc1. The monoisotopic (exact) mass is 850 g/mol. The molecule has 0 spiro atoms. The number of para-hydroxylation sites is 4. The molecule has 0 aromatic heterocycles. The van der Waals surface area contributed by atoms with Gasteiger partial charge in [0.1, 0.15) is 0 Å². The summed E-state index contributed by atoms with van der Waals surface area (Å²) in [6.45, 7) is 0. The van der Waals surface area contributed by atoms with Crippen LogP contribution in [-0.4, -0.2) is 0 Å². The maximum Gasteiger partial charge on any atom is 0.0601 e. The van der Waals surface area contributed by atoms with Gasteiger partial charge in [-0.2, -0.15) is 0 Å². The van der Waals surface area contributed by atoms with Gasteiger partial charge in [0.05, 0.1) is 22.7 Å². The molecule has 0 saturated carbocycles. The molecule has 13 rings (SSSR count). The number of nitrogens with zero attached hydrogens (tertiary/aromatic N) is 2. The topological polar surface area (TPSA) is 6.48 Å². The van der Waals surface area contributed by atoms with Crippen LogP contribution in [0.3, 0.4) is 0 Å². The average Bonchev–Trinajstić information content (AvgIpc) is 3.36. The molecule has 2 aliphatic heterocycles. The molecule has 0 unspecified atom stereocenters. The van der Waals surface area contributed by atoms with Gasteiger partial charge in [-0.25, -0.2) is 0 Å². The minimum Gasteiger partial charge on any atom is -0.308 e. The molecular weight excluding hydrogens is 813 g/mol. The van der Waals surface area contributed by atoms with Gasteiger partial charge in [-0.3, -0.25) is 0 Å². The number of hydrogen-bond acceptors (Lipinski definition) is 4. The zero-order valence-corrected chi connectivity index (χ0v) is 36.3. The molecule has 2 heterocycles. The molecule has 0 amide bonds. The minimum absolute atomic E-state index is 1.13. The molecular formula is C60H38N2S2. The second-order valence-electron chi connectivity index (χ2n) is 16.4. The fourth-order valence-electron chi connectivity index (χ4n) is 10.1. The van der Waals surface area contributed by atoms with Crippen molar-refractivity contribution < 1.29 is 0 Å². The summed E-state index contributed by atoms with van der Waals surface area (Å²) in [4.78, 5) is 9.91. The summed E-state index contributed by atoms with van der Waals surface area (Å²) >= 11 is 3.69. The van der Waals surface area contributed by atoms with E-state index in [4.69, 9.17) is 0 Å². The van der Waals surface area contributed by atoms with Gasteiger partial charge in [-0.05, 0) is 138 Å². The van der Waals surface area contributed by atoms with Crippen LogP contribution in [0, 0.1) is 0 Å². The van der Waals surface area contributed by atoms with Crippen LogP contribution in [0.15, 0.2) is 250 Å². The highest BCUT2D eigenvalue weighted by Crippen LogP contribution is 2.55. The van der Waals surface area contributed by atoms with Crippen molar-refractivity contribution in [1.82, 2.24) is 0 Å². The minimum atomic E-state index is 1.13. The van der Waals surface area contributed by atoms with Crippen LogP contribution < -0.4 is 9.80 Å². The van der Waals surface area contributed by atoms with Crippen LogP contribution in [-0.2, 0) is 0 Å². The van der Waals surface area contributed by atoms with Crippen molar-refractivity contribution in [2.45, 2.75) is 19.6 Å². The first kappa shape index (κ1) is 37.1. The van der Waals surface area contributed by atoms with Gasteiger partial charge in [0.2, 0.25) is 0 Å². The van der Waals surface area contributed by atoms with Crippen LogP contribution in [0.25, 0.3) is 65.7 Å². The molecule has 0 radical (unpaired) electrons. The fourth-order valence-corrected chi connectivity index (χ4v) is 12.2. The second kappa shape index (κ2) is 15.1. The van der Waals surface area contributed by atoms with E-state index in [1.54, 1.807) is 0 Å². The molecule has 0 aliphatic carbocycles. The lowest BCUT2D eigenvalue weighted by Crippen LogP contribution is -2.15. The Hall–Kier alpha value is -7.50. The Labute approximate surface area is 381 Å². The van der Waals surface area contributed by atoms with Crippen molar-refractivity contribution in [2.75, 3.05) is 9.80 Å². The van der Waals surface area contributed by atoms with Crippen molar-refractivity contribution in [2.24, 2.45) is 0 Å². The van der Waals surface area contributed by atoms with Crippen LogP contribution in [0.2, 0.25) is 0 Å². The predicted octanol–water partition coefficient (Wildman–Crippen LogP) is 18.0. The van der Waals surface area contributed by atoms with Crippen molar-refractivity contribution in [3.8, 4) is 33.4 Å². The molecule has 4 heteroatoms. The molecule has 11 aromatic carbocycles. The zero-order chi connectivity index (χ0) is 42.1. The van der Waals surface area contributed by atoms with E-state index in [-0.39, 0.29) is 0 Å². The number of fused-ring (bicyclic) bond motifs is 7. The van der Waals surface area contributed by atoms with Gasteiger partial charge in [0.15, 0.2) is 0 Å². The van der Waals surface area contributed by atoms with Crippen LogP contribution in [0.5, 0.6) is 0 Å². The predicted molar refractivity (Wildman–Crippen MR) is 273 cm³/mol. The van der Waals surface area contributed by atoms with Gasteiger partial charge in [0.25, 0.3) is 0 Å². The molecule has 0 fully saturated rings. The third-order valence-corrected chi connectivity index (χ3v) is 15.1. The second-order valence-corrected chi connectivity index (χ2v) is 18.6. The highest BCUT2D eigenvalue weighted by Gasteiger charge is 2.29. The quantitative estimate of drug-likeness (QED) is 0.159. The van der Waals surface area contributed by atoms with Gasteiger partial charge in [-0.1, -0.05) is 181 Å². The van der Waals surface area contributed by atoms with E-state index in [0.29, 0.717) is 0 Å². The lowest BCUT2D eigenvalue weighted by molar-refractivity contribution is 1.17. The molecule has 2 nitrogen and oxygen atoms in total. The lowest BCUT2D eigenvalue weighted by atomic mass is 9.83. The van der Waals surface area contributed by atoms with E-state index in [2.05, 4.69) is 240 Å². The molecule has 2 aliphatic rings. The Kier molecular flexibility index (Phi) is 8.75. The summed E-state index contributed by atoms with van der Waals surface area (Å²) in [6.07, 6.45) is 0. The van der Waals surface area contributed by atoms with Crippen LogP contribution in [0.4, 0.5) is 34.1 Å². The smallest absolute Gasteiger partial charge is 0.0601 e. The Morgan fingerprint density at radius 2 is 0.688 bits per heavy atom. The first-order valence-corrected chi connectivity index (χ1v) is 23.4. The van der Waals surface area contributed by atoms with Crippen molar-refractivity contribution in [3.63, 3.8) is 0 Å². The van der Waals surface area contributed by atoms with E-state index >= 15 is 0 Å². The molecule has 300 valence electrons. The summed E-state index contributed by atoms with van der Waals surface area (Å²) in [5, 5.41) is 7.33. The average molecular weight is 851 g/mol. The number of rotatable bonds is 5. The number of anilines is 6. The summed E-state index contributed by atoms with van der Waals surface area (Å²) in [7, 11) is 0. The molecule has 0 atom stereocenters. The van der Waals surface area contributed by atoms with Crippen LogP contribution in [0.1, 0.15) is 0 Å². The maximum absolute atomic E-state index is 2.46. The Bertz CT molecular complexity index is 3560. The largest absolute Gasteiger partial charge is 0.308 e. The highest BCUT2D eigenvalue weighted by molar-refractivity contribution is 8.00. The standard InChI is InChI=1S/C60H38N2S2/c1-2-18-40(19-3-1)59-47-35-33-42(62-53-27-10-14-31-57(53)64-58-32-15-11-28-54(58)62)38-50(47)60(46-23-7-6-22-45(46)44-24-16-20-39-17-4-5-21-43(39)44)48-36-34-41(37-49(48)59)61-51-25-8-12-29-55(51)63-56-30-13-9-26-52(56)61/h1-38H. The van der Waals surface area contributed by atoms with E-state index in [0.717, 1.165) is 11.4 Å². The van der Waals surface area contributed by atoms with E-state index in [1.165, 1.54) is 108 Å². The Morgan fingerprint density at radius 3 is 1.27 bits per heavy atom. The van der Waals surface area contributed by atoms with Gasteiger partial charge in [0, 0.05) is 31.0 Å². The number of hydrogen-bond donors (Lipinski definition) is 0. The molecule has 0 saturated heterocycles. The van der Waals surface area contributed by atoms with Crippen molar-refractivity contribution in [1.29, 1.82) is 0 Å². The third kappa shape index (κ3) is 5.91. The zero-order valence-electron chi connectivity index (χ0n) is 34.7. The van der Waals surface area contributed by atoms with E-state index in [1.807, 2.05) is 23.5 Å². The molecule has 0 bridgehead atoms. The molecule has 64 heavy (non-hydrogen) atoms. The van der Waals surface area contributed by atoms with Gasteiger partial charge < -0.3 is 9.80 Å². The summed E-state index contributed by atoms with van der Waals surface area (Å²) < 4.78 is 0. The van der Waals surface area contributed by atoms with E-state index in [9.17, 15) is 0 Å². The molecule has 11 aromatic rings. The maximum atomic E-state index is 2.46. The van der Waals surface area contributed by atoms with Gasteiger partial charge in [-0.15, -0.1) is 0 Å². The normalized spacial score (nSPS) is 12.8. The lowest BCUT2D eigenvalue weighted by Gasteiger charge is -2.34. The first-order chi connectivity index (χ1) is 31.8. The van der Waals surface area contributed by atoms with E-state index < -0.39 is 0 Å². The molecule has 0 N–H and O–H groups in total. The fraction of sp³-hybridized carbons (Fsp3) is 0. The first-order valence-electron chi connectivity index (χ1n) is 21.8.